The SMILES string of the molecule is CCCCCCCCCCCCCCCc1cccc(OCCOS(=O)(=O)CCNc2cccc(O)c2)c1. The van der Waals surface area contributed by atoms with Crippen molar-refractivity contribution < 1.29 is 22.4 Å². The van der Waals surface area contributed by atoms with Crippen molar-refractivity contribution in [3.8, 4) is 11.5 Å². The minimum Gasteiger partial charge on any atom is -0.508 e. The number of aryl methyl sites for hydroxylation is 1. The lowest BCUT2D eigenvalue weighted by Crippen LogP contribution is -2.20. The van der Waals surface area contributed by atoms with Crippen molar-refractivity contribution in [1.82, 2.24) is 0 Å². The van der Waals surface area contributed by atoms with Gasteiger partial charge >= 0.3 is 0 Å². The summed E-state index contributed by atoms with van der Waals surface area (Å²) >= 11 is 0. The first-order valence-electron chi connectivity index (χ1n) is 14.6. The van der Waals surface area contributed by atoms with Crippen molar-refractivity contribution in [1.29, 1.82) is 0 Å². The number of unbranched alkanes of at least 4 members (excludes halogenated alkanes) is 12. The van der Waals surface area contributed by atoms with Crippen LogP contribution in [-0.4, -0.2) is 39.0 Å². The van der Waals surface area contributed by atoms with Crippen LogP contribution in [0.3, 0.4) is 0 Å². The fourth-order valence-corrected chi connectivity index (χ4v) is 5.25. The first-order chi connectivity index (χ1) is 18.5. The molecule has 2 N–H and O–H groups in total. The molecule has 0 heterocycles. The molecule has 0 saturated carbocycles. The van der Waals surface area contributed by atoms with Crippen LogP contribution >= 0.6 is 0 Å². The molecule has 0 aliphatic heterocycles. The van der Waals surface area contributed by atoms with Crippen LogP contribution in [0.1, 0.15) is 96.0 Å². The van der Waals surface area contributed by atoms with Crippen molar-refractivity contribution in [2.45, 2.75) is 96.8 Å². The summed E-state index contributed by atoms with van der Waals surface area (Å²) in [6.45, 7) is 2.60. The highest BCUT2D eigenvalue weighted by Crippen LogP contribution is 2.18. The van der Waals surface area contributed by atoms with Gasteiger partial charge in [-0.2, -0.15) is 8.42 Å². The summed E-state index contributed by atoms with van der Waals surface area (Å²) in [6.07, 6.45) is 18.6. The van der Waals surface area contributed by atoms with Crippen molar-refractivity contribution in [3.63, 3.8) is 0 Å². The van der Waals surface area contributed by atoms with Gasteiger partial charge in [0.25, 0.3) is 10.1 Å². The first kappa shape index (κ1) is 32.0. The Morgan fingerprint density at radius 3 is 2.05 bits per heavy atom. The number of anilines is 1. The number of hydrogen-bond donors (Lipinski definition) is 2. The second kappa shape index (κ2) is 19.8. The predicted molar refractivity (Wildman–Crippen MR) is 158 cm³/mol. The summed E-state index contributed by atoms with van der Waals surface area (Å²) in [5.74, 6) is 0.695. The number of phenolic OH excluding ortho intramolecular Hbond substituents is 1. The summed E-state index contributed by atoms with van der Waals surface area (Å²) < 4.78 is 34.9. The average molecular weight is 548 g/mol. The highest BCUT2D eigenvalue weighted by Gasteiger charge is 2.11. The standard InChI is InChI=1S/C31H49NO5S/c1-2-3-4-5-6-7-8-9-10-11-12-13-14-17-28-18-15-21-31(26-28)36-23-24-37-38(34,35)25-22-32-29-19-16-20-30(33)27-29/h15-16,18-21,26-27,32-33H,2-14,17,22-25H2,1H3. The Balaban J connectivity index is 1.49. The van der Waals surface area contributed by atoms with E-state index in [4.69, 9.17) is 8.92 Å². The van der Waals surface area contributed by atoms with Crippen LogP contribution < -0.4 is 10.1 Å². The topological polar surface area (TPSA) is 84.9 Å². The second-order valence-corrected chi connectivity index (χ2v) is 11.8. The Bertz CT molecular complexity index is 980. The molecule has 7 heteroatoms. The second-order valence-electron chi connectivity index (χ2n) is 10.0. The fourth-order valence-electron chi connectivity index (χ4n) is 4.45. The highest BCUT2D eigenvalue weighted by atomic mass is 32.2. The van der Waals surface area contributed by atoms with E-state index in [9.17, 15) is 13.5 Å². The van der Waals surface area contributed by atoms with E-state index in [0.717, 1.165) is 12.2 Å². The number of nitrogens with one attached hydrogen (secondary N) is 1. The van der Waals surface area contributed by atoms with Crippen LogP contribution in [0.4, 0.5) is 5.69 Å². The van der Waals surface area contributed by atoms with Gasteiger partial charge in [0.05, 0.1) is 5.75 Å². The Kier molecular flexibility index (Phi) is 16.6. The lowest BCUT2D eigenvalue weighted by molar-refractivity contribution is 0.221. The van der Waals surface area contributed by atoms with Crippen molar-refractivity contribution >= 4 is 15.8 Å². The molecule has 214 valence electrons. The van der Waals surface area contributed by atoms with Gasteiger partial charge in [0.2, 0.25) is 0 Å². The van der Waals surface area contributed by atoms with Gasteiger partial charge in [0.1, 0.15) is 24.7 Å². The molecule has 2 aromatic carbocycles. The number of phenols is 1. The number of ether oxygens (including phenoxy) is 1. The minimum absolute atomic E-state index is 0.0302. The Labute approximate surface area is 231 Å². The summed E-state index contributed by atoms with van der Waals surface area (Å²) in [5, 5.41) is 12.4. The Morgan fingerprint density at radius 1 is 0.763 bits per heavy atom. The lowest BCUT2D eigenvalue weighted by Gasteiger charge is -2.10. The number of rotatable bonds is 23. The lowest BCUT2D eigenvalue weighted by atomic mass is 10.0. The molecule has 2 aromatic rings. The molecule has 0 aliphatic rings. The molecular formula is C31H49NO5S. The van der Waals surface area contributed by atoms with Gasteiger partial charge in [-0.15, -0.1) is 0 Å². The maximum Gasteiger partial charge on any atom is 0.269 e. The molecule has 6 nitrogen and oxygen atoms in total. The molecule has 0 saturated heterocycles. The average Bonchev–Trinajstić information content (AvgIpc) is 2.89. The van der Waals surface area contributed by atoms with Crippen LogP contribution in [0.25, 0.3) is 0 Å². The number of benzene rings is 2. The van der Waals surface area contributed by atoms with Crippen LogP contribution in [0.15, 0.2) is 48.5 Å². The van der Waals surface area contributed by atoms with E-state index in [1.54, 1.807) is 18.2 Å². The maximum atomic E-state index is 12.1. The van der Waals surface area contributed by atoms with E-state index < -0.39 is 10.1 Å². The van der Waals surface area contributed by atoms with Gasteiger partial charge in [-0.25, -0.2) is 0 Å². The van der Waals surface area contributed by atoms with Crippen molar-refractivity contribution in [2.75, 3.05) is 30.8 Å². The first-order valence-corrected chi connectivity index (χ1v) is 16.2. The molecule has 2 rings (SSSR count). The zero-order chi connectivity index (χ0) is 27.3. The monoisotopic (exact) mass is 547 g/mol. The molecule has 0 amide bonds. The quantitative estimate of drug-likeness (QED) is 0.109. The van der Waals surface area contributed by atoms with E-state index >= 15 is 0 Å². The summed E-state index contributed by atoms with van der Waals surface area (Å²) in [7, 11) is -3.66. The van der Waals surface area contributed by atoms with Gasteiger partial charge in [-0.1, -0.05) is 102 Å². The van der Waals surface area contributed by atoms with Gasteiger partial charge in [0, 0.05) is 18.3 Å². The molecule has 38 heavy (non-hydrogen) atoms. The molecule has 0 spiro atoms. The summed E-state index contributed by atoms with van der Waals surface area (Å²) in [5.41, 5.74) is 1.90. The highest BCUT2D eigenvalue weighted by molar-refractivity contribution is 7.86. The largest absolute Gasteiger partial charge is 0.508 e. The zero-order valence-corrected chi connectivity index (χ0v) is 24.2. The smallest absolute Gasteiger partial charge is 0.269 e. The molecule has 0 radical (unpaired) electrons. The van der Waals surface area contributed by atoms with Crippen LogP contribution in [0.5, 0.6) is 11.5 Å². The third-order valence-electron chi connectivity index (χ3n) is 6.61. The van der Waals surface area contributed by atoms with E-state index in [1.165, 1.54) is 95.1 Å². The van der Waals surface area contributed by atoms with Crippen LogP contribution in [0.2, 0.25) is 0 Å². The number of hydrogen-bond acceptors (Lipinski definition) is 6. The minimum atomic E-state index is -3.66. The van der Waals surface area contributed by atoms with E-state index in [0.29, 0.717) is 5.69 Å². The molecule has 0 aromatic heterocycles. The zero-order valence-electron chi connectivity index (χ0n) is 23.3. The molecule has 0 fully saturated rings. The van der Waals surface area contributed by atoms with Crippen molar-refractivity contribution in [3.05, 3.63) is 54.1 Å². The van der Waals surface area contributed by atoms with Crippen LogP contribution in [0, 0.1) is 0 Å². The van der Waals surface area contributed by atoms with Gasteiger partial charge in [0.15, 0.2) is 0 Å². The Hall–Kier alpha value is -2.25. The van der Waals surface area contributed by atoms with E-state index in [1.807, 2.05) is 18.2 Å². The van der Waals surface area contributed by atoms with Gasteiger partial charge in [-0.05, 0) is 42.7 Å². The normalized spacial score (nSPS) is 11.5. The van der Waals surface area contributed by atoms with E-state index in [-0.39, 0.29) is 31.3 Å². The van der Waals surface area contributed by atoms with Gasteiger partial charge in [-0.3, -0.25) is 4.18 Å². The molecule has 0 aliphatic carbocycles. The summed E-state index contributed by atoms with van der Waals surface area (Å²) in [6, 6.07) is 14.6. The number of aromatic hydroxyl groups is 1. The van der Waals surface area contributed by atoms with Crippen molar-refractivity contribution in [2.24, 2.45) is 0 Å². The molecule has 0 bridgehead atoms. The fraction of sp³-hybridized carbons (Fsp3) is 0.613. The van der Waals surface area contributed by atoms with E-state index in [2.05, 4.69) is 18.3 Å². The van der Waals surface area contributed by atoms with Crippen LogP contribution in [-0.2, 0) is 20.7 Å². The molecular weight excluding hydrogens is 498 g/mol. The summed E-state index contributed by atoms with van der Waals surface area (Å²) in [4.78, 5) is 0. The third kappa shape index (κ3) is 15.9. The maximum absolute atomic E-state index is 12.1. The third-order valence-corrected chi connectivity index (χ3v) is 7.84. The predicted octanol–water partition coefficient (Wildman–Crippen LogP) is 7.86. The molecule has 0 unspecified atom stereocenters. The molecule has 0 atom stereocenters. The Morgan fingerprint density at radius 2 is 1.39 bits per heavy atom. The van der Waals surface area contributed by atoms with Gasteiger partial charge < -0.3 is 15.2 Å².